The topological polar surface area (TPSA) is 49.8 Å². The molecule has 0 radical (unpaired) electrons. The lowest BCUT2D eigenvalue weighted by molar-refractivity contribution is 0.00242. The zero-order valence-corrected chi connectivity index (χ0v) is 9.47. The lowest BCUT2D eigenvalue weighted by atomic mass is 9.94. The highest BCUT2D eigenvalue weighted by molar-refractivity contribution is 5.67. The Hall–Kier alpha value is -1.78. The van der Waals surface area contributed by atoms with Crippen molar-refractivity contribution in [1.82, 2.24) is 4.90 Å². The van der Waals surface area contributed by atoms with Crippen LogP contribution in [0.4, 0.5) is 9.18 Å². The van der Waals surface area contributed by atoms with Gasteiger partial charge in [0.25, 0.3) is 0 Å². The van der Waals surface area contributed by atoms with Gasteiger partial charge in [-0.1, -0.05) is 12.1 Å². The minimum atomic E-state index is -1.06. The molecular formula is C12H14FNO3. The number of methoxy groups -OCH3 is 1. The maximum atomic E-state index is 13.3. The maximum Gasteiger partial charge on any atom is 0.407 e. The summed E-state index contributed by atoms with van der Waals surface area (Å²) < 4.78 is 18.3. The summed E-state index contributed by atoms with van der Waals surface area (Å²) in [5.41, 5.74) is 0.907. The Morgan fingerprint density at radius 2 is 2.18 bits per heavy atom. The second kappa shape index (κ2) is 4.61. The van der Waals surface area contributed by atoms with Crippen LogP contribution in [0.1, 0.15) is 5.56 Å². The van der Waals surface area contributed by atoms with Crippen molar-refractivity contribution >= 4 is 6.09 Å². The number of halogens is 1. The van der Waals surface area contributed by atoms with Crippen LogP contribution in [0.3, 0.4) is 0 Å². The molecule has 1 aliphatic rings. The van der Waals surface area contributed by atoms with Crippen LogP contribution in [0.25, 0.3) is 0 Å². The van der Waals surface area contributed by atoms with Crippen LogP contribution >= 0.6 is 0 Å². The number of ether oxygens (including phenoxy) is 1. The highest BCUT2D eigenvalue weighted by Gasteiger charge is 2.42. The fraction of sp³-hybridized carbons (Fsp3) is 0.417. The summed E-state index contributed by atoms with van der Waals surface area (Å²) in [7, 11) is 1.57. The van der Waals surface area contributed by atoms with E-state index in [0.29, 0.717) is 6.42 Å². The molecule has 0 bridgehead atoms. The van der Waals surface area contributed by atoms with E-state index < -0.39 is 18.3 Å². The van der Waals surface area contributed by atoms with Crippen molar-refractivity contribution in [2.45, 2.75) is 18.6 Å². The molecule has 1 aromatic carbocycles. The van der Waals surface area contributed by atoms with Gasteiger partial charge in [-0.2, -0.15) is 0 Å². The van der Waals surface area contributed by atoms with Gasteiger partial charge in [0.05, 0.1) is 19.7 Å². The zero-order valence-electron chi connectivity index (χ0n) is 9.47. The Morgan fingerprint density at radius 1 is 1.53 bits per heavy atom. The first-order valence-electron chi connectivity index (χ1n) is 5.38. The summed E-state index contributed by atoms with van der Waals surface area (Å²) in [6.45, 7) is -0.0177. The minimum Gasteiger partial charge on any atom is -0.497 e. The fourth-order valence-corrected chi connectivity index (χ4v) is 1.96. The number of likely N-dealkylation sites (tertiary alicyclic amines) is 1. The molecule has 1 amide bonds. The normalized spacial score (nSPS) is 23.1. The van der Waals surface area contributed by atoms with Crippen molar-refractivity contribution in [3.8, 4) is 5.75 Å². The van der Waals surface area contributed by atoms with Crippen LogP contribution in [0.15, 0.2) is 24.3 Å². The van der Waals surface area contributed by atoms with Gasteiger partial charge >= 0.3 is 6.09 Å². The third-order valence-electron chi connectivity index (χ3n) is 3.04. The molecule has 1 heterocycles. The second-order valence-electron chi connectivity index (χ2n) is 4.07. The monoisotopic (exact) mass is 239 g/mol. The van der Waals surface area contributed by atoms with E-state index in [2.05, 4.69) is 0 Å². The number of alkyl halides is 1. The highest BCUT2D eigenvalue weighted by Crippen LogP contribution is 2.25. The predicted molar refractivity (Wildman–Crippen MR) is 60.1 cm³/mol. The SMILES string of the molecule is COc1ccc(C[C@H]2[C@@H](F)CN2C(=O)O)cc1. The number of benzene rings is 1. The summed E-state index contributed by atoms with van der Waals surface area (Å²) in [6.07, 6.45) is -1.72. The number of carbonyl (C=O) groups is 1. The summed E-state index contributed by atoms with van der Waals surface area (Å²) in [5.74, 6) is 0.731. The van der Waals surface area contributed by atoms with Gasteiger partial charge in [0, 0.05) is 0 Å². The van der Waals surface area contributed by atoms with Gasteiger partial charge in [0.2, 0.25) is 0 Å². The number of hydrogen-bond acceptors (Lipinski definition) is 2. The summed E-state index contributed by atoms with van der Waals surface area (Å²) >= 11 is 0. The Balaban J connectivity index is 2.02. The summed E-state index contributed by atoms with van der Waals surface area (Å²) in [4.78, 5) is 11.9. The highest BCUT2D eigenvalue weighted by atomic mass is 19.1. The second-order valence-corrected chi connectivity index (χ2v) is 4.07. The van der Waals surface area contributed by atoms with Crippen molar-refractivity contribution in [2.24, 2.45) is 0 Å². The van der Waals surface area contributed by atoms with Crippen LogP contribution in [-0.2, 0) is 6.42 Å². The Labute approximate surface area is 98.6 Å². The average molecular weight is 239 g/mol. The Bertz CT molecular complexity index is 407. The van der Waals surface area contributed by atoms with Gasteiger partial charge in [-0.15, -0.1) is 0 Å². The van der Waals surface area contributed by atoms with Gasteiger partial charge in [-0.25, -0.2) is 9.18 Å². The van der Waals surface area contributed by atoms with Crippen LogP contribution in [0, 0.1) is 0 Å². The third-order valence-corrected chi connectivity index (χ3v) is 3.04. The van der Waals surface area contributed by atoms with Gasteiger partial charge in [-0.05, 0) is 24.1 Å². The molecule has 2 atom stereocenters. The third kappa shape index (κ3) is 2.33. The van der Waals surface area contributed by atoms with E-state index in [9.17, 15) is 9.18 Å². The molecular weight excluding hydrogens is 225 g/mol. The molecule has 1 aliphatic heterocycles. The van der Waals surface area contributed by atoms with E-state index in [-0.39, 0.29) is 6.54 Å². The molecule has 0 aliphatic carbocycles. The first-order valence-corrected chi connectivity index (χ1v) is 5.38. The molecule has 92 valence electrons. The van der Waals surface area contributed by atoms with E-state index in [1.165, 1.54) is 0 Å². The molecule has 0 spiro atoms. The molecule has 4 nitrogen and oxygen atoms in total. The lowest BCUT2D eigenvalue weighted by Crippen LogP contribution is -2.60. The van der Waals surface area contributed by atoms with Crippen molar-refractivity contribution in [3.63, 3.8) is 0 Å². The maximum absolute atomic E-state index is 13.3. The Kier molecular flexibility index (Phi) is 3.17. The standard InChI is InChI=1S/C12H14FNO3/c1-17-9-4-2-8(3-5-9)6-11-10(13)7-14(11)12(15)16/h2-5,10-11H,6-7H2,1H3,(H,15,16)/t10-,11-/m0/s1. The van der Waals surface area contributed by atoms with Crippen LogP contribution in [0.2, 0.25) is 0 Å². The van der Waals surface area contributed by atoms with E-state index in [1.54, 1.807) is 19.2 Å². The molecule has 0 unspecified atom stereocenters. The quantitative estimate of drug-likeness (QED) is 0.876. The van der Waals surface area contributed by atoms with Gasteiger partial charge in [0.15, 0.2) is 0 Å². The van der Waals surface area contributed by atoms with E-state index in [4.69, 9.17) is 9.84 Å². The largest absolute Gasteiger partial charge is 0.497 e. The number of nitrogens with zero attached hydrogens (tertiary/aromatic N) is 1. The number of rotatable bonds is 3. The van der Waals surface area contributed by atoms with Crippen molar-refractivity contribution in [1.29, 1.82) is 0 Å². The molecule has 0 aromatic heterocycles. The van der Waals surface area contributed by atoms with Gasteiger partial charge in [0.1, 0.15) is 11.9 Å². The van der Waals surface area contributed by atoms with Gasteiger partial charge < -0.3 is 9.84 Å². The molecule has 1 fully saturated rings. The minimum absolute atomic E-state index is 0.0177. The number of hydrogen-bond donors (Lipinski definition) is 1. The smallest absolute Gasteiger partial charge is 0.407 e. The van der Waals surface area contributed by atoms with Crippen LogP contribution in [-0.4, -0.2) is 42.0 Å². The molecule has 1 saturated heterocycles. The molecule has 0 saturated carbocycles. The van der Waals surface area contributed by atoms with Crippen LogP contribution < -0.4 is 4.74 Å². The molecule has 5 heteroatoms. The molecule has 1 aromatic rings. The van der Waals surface area contributed by atoms with Crippen LogP contribution in [0.5, 0.6) is 5.75 Å². The summed E-state index contributed by atoms with van der Waals surface area (Å²) in [6, 6.07) is 6.66. The first kappa shape index (κ1) is 11.7. The molecule has 2 rings (SSSR count). The van der Waals surface area contributed by atoms with Crippen molar-refractivity contribution < 1.29 is 19.0 Å². The van der Waals surface area contributed by atoms with E-state index in [1.807, 2.05) is 12.1 Å². The van der Waals surface area contributed by atoms with E-state index in [0.717, 1.165) is 16.2 Å². The van der Waals surface area contributed by atoms with E-state index >= 15 is 0 Å². The lowest BCUT2D eigenvalue weighted by Gasteiger charge is -2.42. The van der Waals surface area contributed by atoms with Crippen molar-refractivity contribution in [3.05, 3.63) is 29.8 Å². The average Bonchev–Trinajstić information content (AvgIpc) is 2.33. The fourth-order valence-electron chi connectivity index (χ4n) is 1.96. The predicted octanol–water partition coefficient (Wildman–Crippen LogP) is 1.94. The molecule has 17 heavy (non-hydrogen) atoms. The van der Waals surface area contributed by atoms with Crippen molar-refractivity contribution in [2.75, 3.05) is 13.7 Å². The number of amides is 1. The number of carboxylic acid groups (broad SMARTS) is 1. The van der Waals surface area contributed by atoms with Gasteiger partial charge in [-0.3, -0.25) is 4.90 Å². The zero-order chi connectivity index (χ0) is 12.4. The summed E-state index contributed by atoms with van der Waals surface area (Å²) in [5, 5.41) is 8.82. The Morgan fingerprint density at radius 3 is 2.65 bits per heavy atom. The molecule has 1 N–H and O–H groups in total. The first-order chi connectivity index (χ1) is 8.11.